The van der Waals surface area contributed by atoms with Crippen LogP contribution >= 0.6 is 15.6 Å². The Hall–Kier alpha value is -5.58. The number of hydrogen-bond donors (Lipinski definition) is 3. The third-order valence-corrected chi connectivity index (χ3v) is 19.1. The maximum atomic E-state index is 13.1. The van der Waals surface area contributed by atoms with Crippen LogP contribution < -0.4 is 0 Å². The summed E-state index contributed by atoms with van der Waals surface area (Å²) in [5.74, 6) is -2.30. The molecule has 17 nitrogen and oxygen atoms in total. The fraction of sp³-hybridized carbons (Fsp3) is 0.648. The molecule has 0 bridgehead atoms. The van der Waals surface area contributed by atoms with Crippen molar-refractivity contribution in [3.63, 3.8) is 0 Å². The Balaban J connectivity index is 5.47. The van der Waals surface area contributed by atoms with Crippen LogP contribution in [0.1, 0.15) is 323 Å². The fourth-order valence-electron chi connectivity index (χ4n) is 10.9. The summed E-state index contributed by atoms with van der Waals surface area (Å²) in [6, 6.07) is 0. The molecule has 19 heteroatoms. The first-order chi connectivity index (χ1) is 53.7. The van der Waals surface area contributed by atoms with Gasteiger partial charge in [-0.3, -0.25) is 37.3 Å². The van der Waals surface area contributed by atoms with Crippen molar-refractivity contribution in [1.29, 1.82) is 0 Å². The molecule has 626 valence electrons. The number of rotatable bonds is 78. The third-order valence-electron chi connectivity index (χ3n) is 17.2. The van der Waals surface area contributed by atoms with E-state index in [1.165, 1.54) is 64.2 Å². The second-order valence-electron chi connectivity index (χ2n) is 27.6. The fourth-order valence-corrected chi connectivity index (χ4v) is 12.4. The second-order valence-corrected chi connectivity index (χ2v) is 30.5. The number of aliphatic hydroxyl groups excluding tert-OH is 1. The van der Waals surface area contributed by atoms with Crippen LogP contribution in [0.2, 0.25) is 0 Å². The zero-order valence-electron chi connectivity index (χ0n) is 68.6. The number of ether oxygens (including phenoxy) is 4. The van der Waals surface area contributed by atoms with Crippen LogP contribution in [0.5, 0.6) is 0 Å². The molecule has 0 saturated heterocycles. The summed E-state index contributed by atoms with van der Waals surface area (Å²) in [6.07, 6.45) is 97.5. The van der Waals surface area contributed by atoms with Crippen molar-refractivity contribution in [1.82, 2.24) is 0 Å². The lowest BCUT2D eigenvalue weighted by atomic mass is 10.0. The highest BCUT2D eigenvalue weighted by atomic mass is 31.2. The number of esters is 4. The average Bonchev–Trinajstić information content (AvgIpc) is 0.906. The molecule has 0 fully saturated rings. The maximum Gasteiger partial charge on any atom is 0.472 e. The molecule has 0 aliphatic heterocycles. The molecule has 0 saturated carbocycles. The Labute approximate surface area is 667 Å². The largest absolute Gasteiger partial charge is 0.472 e. The van der Waals surface area contributed by atoms with Gasteiger partial charge in [0.1, 0.15) is 19.3 Å². The summed E-state index contributed by atoms with van der Waals surface area (Å²) < 4.78 is 68.7. The smallest absolute Gasteiger partial charge is 0.462 e. The summed E-state index contributed by atoms with van der Waals surface area (Å²) in [7, 11) is -10.0. The van der Waals surface area contributed by atoms with Crippen LogP contribution in [0, 0.1) is 0 Å². The SMILES string of the molecule is CC/C=C\C/C=C\C/C=C\C/C=C\C/C=C\CCCCCC(=O)OCC(COP(=O)(O)OCC(O)COP(=O)(O)OCC(COC(=O)CCCCCCCC/C=C\C/C=C\C/C=C\C/C=C\CC)OC(=O)CCCCCCCCCCCCCCCCC)OC(=O)CCC/C=C\C/C=C\C/C=C\C/C=C\C/C=C\CC. The van der Waals surface area contributed by atoms with Gasteiger partial charge < -0.3 is 33.8 Å². The number of phosphoric acid groups is 2. The maximum absolute atomic E-state index is 13.1. The Morgan fingerprint density at radius 1 is 0.264 bits per heavy atom. The van der Waals surface area contributed by atoms with Gasteiger partial charge in [0, 0.05) is 25.7 Å². The van der Waals surface area contributed by atoms with Crippen molar-refractivity contribution in [3.8, 4) is 0 Å². The van der Waals surface area contributed by atoms with E-state index < -0.39 is 97.5 Å². The van der Waals surface area contributed by atoms with Crippen LogP contribution in [-0.4, -0.2) is 96.7 Å². The van der Waals surface area contributed by atoms with Crippen LogP contribution in [0.3, 0.4) is 0 Å². The lowest BCUT2D eigenvalue weighted by Gasteiger charge is -2.21. The molecule has 0 heterocycles. The number of phosphoric ester groups is 2. The van der Waals surface area contributed by atoms with E-state index in [1.54, 1.807) is 0 Å². The summed E-state index contributed by atoms with van der Waals surface area (Å²) in [5.41, 5.74) is 0. The monoisotopic (exact) mass is 1580 g/mol. The Kier molecular flexibility index (Phi) is 77.3. The lowest BCUT2D eigenvalue weighted by molar-refractivity contribution is -0.161. The van der Waals surface area contributed by atoms with E-state index in [0.717, 1.165) is 173 Å². The number of aliphatic hydroxyl groups is 1. The minimum Gasteiger partial charge on any atom is -0.462 e. The van der Waals surface area contributed by atoms with Gasteiger partial charge in [-0.2, -0.15) is 0 Å². The van der Waals surface area contributed by atoms with Crippen LogP contribution in [0.15, 0.2) is 170 Å². The van der Waals surface area contributed by atoms with E-state index in [9.17, 15) is 43.2 Å². The van der Waals surface area contributed by atoms with E-state index in [2.05, 4.69) is 186 Å². The van der Waals surface area contributed by atoms with Gasteiger partial charge in [-0.1, -0.05) is 320 Å². The second kappa shape index (κ2) is 81.4. The average molecular weight is 1580 g/mol. The molecule has 0 aromatic heterocycles. The zero-order chi connectivity index (χ0) is 80.3. The van der Waals surface area contributed by atoms with Crippen molar-refractivity contribution >= 4 is 39.5 Å². The summed E-state index contributed by atoms with van der Waals surface area (Å²) >= 11 is 0. The predicted octanol–water partition coefficient (Wildman–Crippen LogP) is 25.3. The van der Waals surface area contributed by atoms with Crippen LogP contribution in [0.4, 0.5) is 0 Å². The van der Waals surface area contributed by atoms with Gasteiger partial charge in [0.15, 0.2) is 12.2 Å². The zero-order valence-corrected chi connectivity index (χ0v) is 70.4. The molecule has 110 heavy (non-hydrogen) atoms. The molecule has 0 aliphatic carbocycles. The predicted molar refractivity (Wildman–Crippen MR) is 454 cm³/mol. The van der Waals surface area contributed by atoms with Crippen molar-refractivity contribution < 1.29 is 80.2 Å². The number of allylic oxidation sites excluding steroid dienone is 28. The van der Waals surface area contributed by atoms with E-state index >= 15 is 0 Å². The van der Waals surface area contributed by atoms with Gasteiger partial charge in [-0.05, 0) is 148 Å². The highest BCUT2D eigenvalue weighted by molar-refractivity contribution is 7.47. The molecule has 0 amide bonds. The van der Waals surface area contributed by atoms with Crippen molar-refractivity contribution in [2.75, 3.05) is 39.6 Å². The van der Waals surface area contributed by atoms with Gasteiger partial charge in [0.05, 0.1) is 26.4 Å². The van der Waals surface area contributed by atoms with Crippen molar-refractivity contribution in [2.24, 2.45) is 0 Å². The summed E-state index contributed by atoms with van der Waals surface area (Å²) in [6.45, 7) is 4.44. The molecule has 0 aliphatic rings. The molecule has 0 spiro atoms. The minimum atomic E-state index is -5.01. The quantitative estimate of drug-likeness (QED) is 0.0169. The van der Waals surface area contributed by atoms with E-state index in [1.807, 2.05) is 12.2 Å². The molecule has 0 aromatic rings. The topological polar surface area (TPSA) is 237 Å². The van der Waals surface area contributed by atoms with Gasteiger partial charge in [-0.15, -0.1) is 0 Å². The molecule has 0 radical (unpaired) electrons. The molecule has 5 atom stereocenters. The molecular formula is C91H150O17P2. The molecule has 0 rings (SSSR count). The van der Waals surface area contributed by atoms with Crippen LogP contribution in [-0.2, 0) is 65.4 Å². The number of hydrogen-bond acceptors (Lipinski definition) is 15. The van der Waals surface area contributed by atoms with Crippen molar-refractivity contribution in [2.45, 2.75) is 341 Å². The summed E-state index contributed by atoms with van der Waals surface area (Å²) in [4.78, 5) is 73.2. The molecule has 5 unspecified atom stereocenters. The van der Waals surface area contributed by atoms with E-state index in [-0.39, 0.29) is 25.7 Å². The number of carbonyl (C=O) groups is 4. The molecular weight excluding hydrogens is 1430 g/mol. The first kappa shape index (κ1) is 104. The van der Waals surface area contributed by atoms with E-state index in [0.29, 0.717) is 32.1 Å². The third kappa shape index (κ3) is 80.5. The van der Waals surface area contributed by atoms with Crippen molar-refractivity contribution in [3.05, 3.63) is 170 Å². The first-order valence-corrected chi connectivity index (χ1v) is 45.4. The van der Waals surface area contributed by atoms with Gasteiger partial charge in [0.25, 0.3) is 0 Å². The minimum absolute atomic E-state index is 0.00323. The normalized spacial score (nSPS) is 14.6. The highest BCUT2D eigenvalue weighted by Crippen LogP contribution is 2.45. The Morgan fingerprint density at radius 3 is 0.773 bits per heavy atom. The Morgan fingerprint density at radius 2 is 0.482 bits per heavy atom. The van der Waals surface area contributed by atoms with Crippen LogP contribution in [0.25, 0.3) is 0 Å². The number of unbranched alkanes of at least 4 members (excludes halogenated alkanes) is 24. The van der Waals surface area contributed by atoms with Gasteiger partial charge in [0.2, 0.25) is 0 Å². The Bertz CT molecular complexity index is 2750. The highest BCUT2D eigenvalue weighted by Gasteiger charge is 2.30. The van der Waals surface area contributed by atoms with E-state index in [4.69, 9.17) is 37.0 Å². The number of carbonyl (C=O) groups excluding carboxylic acids is 4. The molecule has 3 N–H and O–H groups in total. The van der Waals surface area contributed by atoms with Gasteiger partial charge >= 0.3 is 39.5 Å². The standard InChI is InChI=1S/C91H150O17P2/c1-5-9-13-17-21-25-29-33-37-40-42-45-48-51-55-59-63-67-71-75-88(93)101-81-86(107-90(95)77-73-69-65-61-57-53-47-36-32-28-24-20-16-12-8-4)83-105-109(97,98)103-79-85(92)80-104-110(99,100)106-84-87(108-91(96)78-74-70-66-62-58-54-50-44-39-35-31-27-23-19-15-11-7-3)82-102-89(94)76-72-68-64-60-56-52-49-46-43-41-38-34-30-26-22-18-14-10-6-2/h9-11,13-15,21-23,25-27,33-35,37-39,42-43,45-46,50,52,54,56,62,66,85-87,92H,5-8,12,16-20,24,28-32,36,40-41,44,47-49,51,53,55,57-61,63-65,67-84H2,1-4H3,(H,97,98)(H,99,100)/b13-9-,14-10-,15-11-,25-21-,26-22-,27-23-,37-33-,38-34-,39-35-,45-42-,46-43-,54-50-,56-52-,66-62-. The summed E-state index contributed by atoms with van der Waals surface area (Å²) in [5, 5.41) is 10.7. The molecule has 0 aromatic carbocycles. The first-order valence-electron chi connectivity index (χ1n) is 42.4. The van der Waals surface area contributed by atoms with Gasteiger partial charge in [-0.25, -0.2) is 9.13 Å². The lowest BCUT2D eigenvalue weighted by Crippen LogP contribution is -2.30.